The number of benzene rings is 2. The fourth-order valence-electron chi connectivity index (χ4n) is 4.29. The molecule has 0 atom stereocenters. The zero-order valence-electron chi connectivity index (χ0n) is 17.2. The SMILES string of the molecule is O=C(Nc1ccc(F)c(-c2c(-c3ccc(F)cc3)ncn2C2CCCC2)c1)c1ccco1. The van der Waals surface area contributed by atoms with Crippen LogP contribution in [0.25, 0.3) is 22.5 Å². The third-order valence-electron chi connectivity index (χ3n) is 5.85. The second-order valence-corrected chi connectivity index (χ2v) is 7.92. The first-order valence-electron chi connectivity index (χ1n) is 10.6. The molecule has 1 fully saturated rings. The van der Waals surface area contributed by atoms with Crippen molar-refractivity contribution in [2.75, 3.05) is 5.32 Å². The lowest BCUT2D eigenvalue weighted by Gasteiger charge is -2.18. The second-order valence-electron chi connectivity index (χ2n) is 7.92. The van der Waals surface area contributed by atoms with Crippen LogP contribution in [0.4, 0.5) is 14.5 Å². The molecule has 0 saturated heterocycles. The third kappa shape index (κ3) is 3.82. The summed E-state index contributed by atoms with van der Waals surface area (Å²) in [6.45, 7) is 0. The van der Waals surface area contributed by atoms with Crippen molar-refractivity contribution in [3.63, 3.8) is 0 Å². The first kappa shape index (κ1) is 20.2. The van der Waals surface area contributed by atoms with Crippen LogP contribution >= 0.6 is 0 Å². The monoisotopic (exact) mass is 433 g/mol. The zero-order chi connectivity index (χ0) is 22.1. The lowest BCUT2D eigenvalue weighted by Crippen LogP contribution is -2.11. The summed E-state index contributed by atoms with van der Waals surface area (Å²) in [7, 11) is 0. The number of aromatic nitrogens is 2. The molecule has 5 rings (SSSR count). The molecule has 1 aliphatic rings. The maximum atomic E-state index is 15.1. The Kier molecular flexibility index (Phi) is 5.31. The number of amides is 1. The number of furan rings is 1. The van der Waals surface area contributed by atoms with Gasteiger partial charge in [0.25, 0.3) is 5.91 Å². The van der Waals surface area contributed by atoms with Crippen molar-refractivity contribution in [1.82, 2.24) is 9.55 Å². The second kappa shape index (κ2) is 8.42. The maximum absolute atomic E-state index is 15.1. The Balaban J connectivity index is 1.60. The molecule has 2 heterocycles. The van der Waals surface area contributed by atoms with Crippen LogP contribution in [0, 0.1) is 11.6 Å². The Labute approximate surface area is 183 Å². The van der Waals surface area contributed by atoms with E-state index in [1.165, 1.54) is 30.5 Å². The highest BCUT2D eigenvalue weighted by molar-refractivity contribution is 6.02. The number of carbonyl (C=O) groups is 1. The van der Waals surface area contributed by atoms with Crippen LogP contribution in [0.3, 0.4) is 0 Å². The van der Waals surface area contributed by atoms with E-state index in [-0.39, 0.29) is 17.6 Å². The van der Waals surface area contributed by atoms with Crippen molar-refractivity contribution in [2.45, 2.75) is 31.7 Å². The van der Waals surface area contributed by atoms with Crippen LogP contribution in [0.5, 0.6) is 0 Å². The van der Waals surface area contributed by atoms with E-state index < -0.39 is 11.7 Å². The smallest absolute Gasteiger partial charge is 0.291 e. The van der Waals surface area contributed by atoms with E-state index in [4.69, 9.17) is 4.42 Å². The summed E-state index contributed by atoms with van der Waals surface area (Å²) in [5.74, 6) is -1.03. The number of rotatable bonds is 5. The molecule has 0 spiro atoms. The minimum Gasteiger partial charge on any atom is -0.459 e. The molecule has 0 unspecified atom stereocenters. The highest BCUT2D eigenvalue weighted by atomic mass is 19.1. The van der Waals surface area contributed by atoms with E-state index in [1.54, 1.807) is 36.7 Å². The van der Waals surface area contributed by atoms with Gasteiger partial charge < -0.3 is 14.3 Å². The summed E-state index contributed by atoms with van der Waals surface area (Å²) in [5.41, 5.74) is 2.65. The van der Waals surface area contributed by atoms with Gasteiger partial charge >= 0.3 is 0 Å². The topological polar surface area (TPSA) is 60.1 Å². The highest BCUT2D eigenvalue weighted by Gasteiger charge is 2.25. The Morgan fingerprint density at radius 2 is 1.84 bits per heavy atom. The summed E-state index contributed by atoms with van der Waals surface area (Å²) in [6.07, 6.45) is 7.34. The molecule has 1 aliphatic carbocycles. The van der Waals surface area contributed by atoms with E-state index in [0.717, 1.165) is 25.7 Å². The maximum Gasteiger partial charge on any atom is 0.291 e. The fourth-order valence-corrected chi connectivity index (χ4v) is 4.29. The average molecular weight is 433 g/mol. The number of imidazole rings is 1. The molecule has 5 nitrogen and oxygen atoms in total. The molecule has 1 saturated carbocycles. The number of anilines is 1. The Morgan fingerprint density at radius 1 is 1.06 bits per heavy atom. The van der Waals surface area contributed by atoms with E-state index in [2.05, 4.69) is 10.3 Å². The van der Waals surface area contributed by atoms with Crippen LogP contribution in [0.15, 0.2) is 71.6 Å². The molecule has 0 radical (unpaired) electrons. The van der Waals surface area contributed by atoms with Crippen LogP contribution < -0.4 is 5.32 Å². The van der Waals surface area contributed by atoms with Crippen LogP contribution in [-0.4, -0.2) is 15.5 Å². The summed E-state index contributed by atoms with van der Waals surface area (Å²) in [6, 6.07) is 13.8. The quantitative estimate of drug-likeness (QED) is 0.393. The average Bonchev–Trinajstić information content (AvgIpc) is 3.56. The molecule has 0 aliphatic heterocycles. The van der Waals surface area contributed by atoms with Crippen LogP contribution in [-0.2, 0) is 0 Å². The fraction of sp³-hybridized carbons (Fsp3) is 0.200. The molecule has 1 amide bonds. The van der Waals surface area contributed by atoms with Gasteiger partial charge in [0, 0.05) is 22.9 Å². The van der Waals surface area contributed by atoms with Gasteiger partial charge in [0.05, 0.1) is 24.0 Å². The number of halogens is 2. The van der Waals surface area contributed by atoms with Gasteiger partial charge in [-0.05, 0) is 67.4 Å². The molecule has 1 N–H and O–H groups in total. The van der Waals surface area contributed by atoms with Crippen LogP contribution in [0.2, 0.25) is 0 Å². The zero-order valence-corrected chi connectivity index (χ0v) is 17.2. The van der Waals surface area contributed by atoms with Gasteiger partial charge in [-0.1, -0.05) is 12.8 Å². The van der Waals surface area contributed by atoms with Gasteiger partial charge in [0.2, 0.25) is 0 Å². The standard InChI is InChI=1S/C25H21F2N3O2/c26-17-9-7-16(8-10-17)23-24(30(15-28-23)19-4-1-2-5-19)20-14-18(11-12-21(20)27)29-25(31)22-6-3-13-32-22/h3,6-15,19H,1-2,4-5H2,(H,29,31). The molecule has 162 valence electrons. The van der Waals surface area contributed by atoms with Crippen LogP contribution in [0.1, 0.15) is 42.3 Å². The molecule has 0 bridgehead atoms. The summed E-state index contributed by atoms with van der Waals surface area (Å²) >= 11 is 0. The Hall–Kier alpha value is -3.74. The predicted octanol–water partition coefficient (Wildman–Crippen LogP) is 6.46. The number of nitrogens with one attached hydrogen (secondary N) is 1. The lowest BCUT2D eigenvalue weighted by molar-refractivity contribution is 0.0996. The minimum absolute atomic E-state index is 0.166. The predicted molar refractivity (Wildman–Crippen MR) is 117 cm³/mol. The molecular formula is C25H21F2N3O2. The number of hydrogen-bond acceptors (Lipinski definition) is 3. The molecule has 4 aromatic rings. The molecule has 7 heteroatoms. The third-order valence-corrected chi connectivity index (χ3v) is 5.85. The van der Waals surface area contributed by atoms with Gasteiger partial charge in [-0.15, -0.1) is 0 Å². The number of nitrogens with zero attached hydrogens (tertiary/aromatic N) is 2. The Morgan fingerprint density at radius 3 is 2.56 bits per heavy atom. The largest absolute Gasteiger partial charge is 0.459 e. The highest BCUT2D eigenvalue weighted by Crippen LogP contribution is 2.40. The number of hydrogen-bond donors (Lipinski definition) is 1. The van der Waals surface area contributed by atoms with E-state index >= 15 is 4.39 Å². The normalized spacial score (nSPS) is 14.1. The van der Waals surface area contributed by atoms with Crippen molar-refractivity contribution in [1.29, 1.82) is 0 Å². The lowest BCUT2D eigenvalue weighted by atomic mass is 10.0. The van der Waals surface area contributed by atoms with Gasteiger partial charge in [-0.25, -0.2) is 13.8 Å². The van der Waals surface area contributed by atoms with Gasteiger partial charge in [0.15, 0.2) is 5.76 Å². The van der Waals surface area contributed by atoms with E-state index in [0.29, 0.717) is 28.2 Å². The van der Waals surface area contributed by atoms with Crippen molar-refractivity contribution in [2.24, 2.45) is 0 Å². The molecule has 2 aromatic carbocycles. The minimum atomic E-state index is -0.427. The summed E-state index contributed by atoms with van der Waals surface area (Å²) in [4.78, 5) is 17.0. The first-order chi connectivity index (χ1) is 15.6. The summed E-state index contributed by atoms with van der Waals surface area (Å²) < 4.78 is 35.8. The van der Waals surface area contributed by atoms with E-state index in [9.17, 15) is 9.18 Å². The van der Waals surface area contributed by atoms with Gasteiger partial charge in [0.1, 0.15) is 11.6 Å². The van der Waals surface area contributed by atoms with Crippen molar-refractivity contribution in [3.8, 4) is 22.5 Å². The number of carbonyl (C=O) groups excluding carboxylic acids is 1. The molecule has 2 aromatic heterocycles. The van der Waals surface area contributed by atoms with Crippen molar-refractivity contribution < 1.29 is 18.0 Å². The first-order valence-corrected chi connectivity index (χ1v) is 10.6. The van der Waals surface area contributed by atoms with Crippen molar-refractivity contribution in [3.05, 3.63) is 84.6 Å². The Bertz CT molecular complexity index is 1240. The summed E-state index contributed by atoms with van der Waals surface area (Å²) in [5, 5.41) is 2.75. The molecule has 32 heavy (non-hydrogen) atoms. The van der Waals surface area contributed by atoms with Gasteiger partial charge in [-0.2, -0.15) is 0 Å². The van der Waals surface area contributed by atoms with Crippen molar-refractivity contribution >= 4 is 11.6 Å². The molecular weight excluding hydrogens is 412 g/mol. The van der Waals surface area contributed by atoms with E-state index in [1.807, 2.05) is 4.57 Å². The van der Waals surface area contributed by atoms with Gasteiger partial charge in [-0.3, -0.25) is 4.79 Å².